The van der Waals surface area contributed by atoms with Crippen LogP contribution in [0.2, 0.25) is 0 Å². The molecule has 8 heteroatoms. The van der Waals surface area contributed by atoms with Crippen LogP contribution in [-0.2, 0) is 13.1 Å². The van der Waals surface area contributed by atoms with Gasteiger partial charge in [0.25, 0.3) is 0 Å². The number of aliphatic imine (C=N–C) groups is 1. The van der Waals surface area contributed by atoms with Crippen LogP contribution in [0.4, 0.5) is 0 Å². The first kappa shape index (κ1) is 20.5. The van der Waals surface area contributed by atoms with Crippen LogP contribution in [0.25, 0.3) is 0 Å². The molecule has 0 saturated heterocycles. The summed E-state index contributed by atoms with van der Waals surface area (Å²) in [5, 5.41) is 6.62. The largest absolute Gasteiger partial charge is 0.477 e. The molecule has 2 aromatic rings. The number of pyridine rings is 1. The molecule has 1 fully saturated rings. The molecule has 2 aliphatic rings. The molecule has 2 N–H and O–H groups in total. The molecule has 0 radical (unpaired) electrons. The third-order valence-electron chi connectivity index (χ3n) is 4.54. The van der Waals surface area contributed by atoms with Gasteiger partial charge in [-0.25, -0.2) is 4.98 Å². The Kier molecular flexibility index (Phi) is 7.18. The van der Waals surface area contributed by atoms with Crippen LogP contribution in [0, 0.1) is 5.92 Å². The van der Waals surface area contributed by atoms with Crippen molar-refractivity contribution in [2.24, 2.45) is 10.9 Å². The van der Waals surface area contributed by atoms with Gasteiger partial charge in [-0.2, -0.15) is 0 Å². The fourth-order valence-corrected chi connectivity index (χ4v) is 2.77. The van der Waals surface area contributed by atoms with Crippen molar-refractivity contribution in [1.29, 1.82) is 0 Å². The SMILES string of the molecule is CN=C(NCc1ccnc(OCC2CC2)c1)NCc1ccc2c(c1)OCO2.I. The number of ether oxygens (including phenoxy) is 3. The van der Waals surface area contributed by atoms with Gasteiger partial charge in [-0.15, -0.1) is 24.0 Å². The number of hydrogen-bond acceptors (Lipinski definition) is 5. The lowest BCUT2D eigenvalue weighted by atomic mass is 10.2. The Morgan fingerprint density at radius 2 is 1.86 bits per heavy atom. The summed E-state index contributed by atoms with van der Waals surface area (Å²) in [5.41, 5.74) is 2.20. The predicted octanol–water partition coefficient (Wildman–Crippen LogP) is 3.08. The highest BCUT2D eigenvalue weighted by molar-refractivity contribution is 14.0. The second kappa shape index (κ2) is 9.81. The van der Waals surface area contributed by atoms with Crippen LogP contribution in [0.1, 0.15) is 24.0 Å². The normalized spacial score (nSPS) is 15.0. The highest BCUT2D eigenvalue weighted by Crippen LogP contribution is 2.32. The van der Waals surface area contributed by atoms with Crippen molar-refractivity contribution in [1.82, 2.24) is 15.6 Å². The molecule has 0 unspecified atom stereocenters. The minimum absolute atomic E-state index is 0. The van der Waals surface area contributed by atoms with Crippen molar-refractivity contribution in [2.45, 2.75) is 25.9 Å². The fraction of sp³-hybridized carbons (Fsp3) is 0.400. The molecular weight excluding hydrogens is 471 g/mol. The highest BCUT2D eigenvalue weighted by atomic mass is 127. The summed E-state index contributed by atoms with van der Waals surface area (Å²) in [7, 11) is 1.76. The van der Waals surface area contributed by atoms with Crippen LogP contribution in [0.3, 0.4) is 0 Å². The van der Waals surface area contributed by atoms with E-state index in [9.17, 15) is 0 Å². The van der Waals surface area contributed by atoms with Gasteiger partial charge in [0.15, 0.2) is 17.5 Å². The number of rotatable bonds is 7. The van der Waals surface area contributed by atoms with Crippen LogP contribution in [0.5, 0.6) is 17.4 Å². The van der Waals surface area contributed by atoms with Crippen LogP contribution < -0.4 is 24.8 Å². The molecule has 2 heterocycles. The molecule has 1 aromatic carbocycles. The van der Waals surface area contributed by atoms with E-state index in [-0.39, 0.29) is 30.8 Å². The molecule has 0 spiro atoms. The maximum Gasteiger partial charge on any atom is 0.231 e. The Balaban J connectivity index is 0.00000225. The van der Waals surface area contributed by atoms with E-state index in [1.807, 2.05) is 30.3 Å². The zero-order chi connectivity index (χ0) is 18.5. The first-order valence-electron chi connectivity index (χ1n) is 9.21. The van der Waals surface area contributed by atoms with E-state index in [1.54, 1.807) is 13.2 Å². The maximum absolute atomic E-state index is 5.74. The van der Waals surface area contributed by atoms with Gasteiger partial charge >= 0.3 is 0 Å². The number of hydrogen-bond donors (Lipinski definition) is 2. The molecule has 7 nitrogen and oxygen atoms in total. The Labute approximate surface area is 181 Å². The highest BCUT2D eigenvalue weighted by Gasteiger charge is 2.22. The lowest BCUT2D eigenvalue weighted by molar-refractivity contribution is 0.174. The third-order valence-corrected chi connectivity index (χ3v) is 4.54. The van der Waals surface area contributed by atoms with E-state index in [0.717, 1.165) is 35.2 Å². The summed E-state index contributed by atoms with van der Waals surface area (Å²) in [5.74, 6) is 3.70. The molecule has 28 heavy (non-hydrogen) atoms. The van der Waals surface area contributed by atoms with Gasteiger partial charge in [0.2, 0.25) is 12.7 Å². The summed E-state index contributed by atoms with van der Waals surface area (Å²) in [4.78, 5) is 8.55. The molecule has 1 aliphatic carbocycles. The number of aromatic nitrogens is 1. The Bertz CT molecular complexity index is 827. The Morgan fingerprint density at radius 3 is 2.61 bits per heavy atom. The second-order valence-electron chi connectivity index (χ2n) is 6.72. The summed E-state index contributed by atoms with van der Waals surface area (Å²) in [6.45, 7) is 2.34. The Morgan fingerprint density at radius 1 is 1.11 bits per heavy atom. The van der Waals surface area contributed by atoms with E-state index in [2.05, 4.69) is 20.6 Å². The van der Waals surface area contributed by atoms with Crippen LogP contribution in [0.15, 0.2) is 41.5 Å². The number of nitrogens with zero attached hydrogens (tertiary/aromatic N) is 2. The second-order valence-corrected chi connectivity index (χ2v) is 6.72. The zero-order valence-corrected chi connectivity index (χ0v) is 18.1. The van der Waals surface area contributed by atoms with E-state index >= 15 is 0 Å². The molecule has 1 aromatic heterocycles. The monoisotopic (exact) mass is 496 g/mol. The smallest absolute Gasteiger partial charge is 0.231 e. The standard InChI is InChI=1S/C20H24N4O3.HI/c1-21-20(23-10-15-4-5-17-18(8-15)27-13-26-17)24-11-16-6-7-22-19(9-16)25-12-14-2-3-14;/h4-9,14H,2-3,10-13H2,1H3,(H2,21,23,24);1H. The molecule has 150 valence electrons. The minimum atomic E-state index is 0. The van der Waals surface area contributed by atoms with Crippen molar-refractivity contribution < 1.29 is 14.2 Å². The third kappa shape index (κ3) is 5.63. The van der Waals surface area contributed by atoms with Gasteiger partial charge in [-0.3, -0.25) is 4.99 Å². The predicted molar refractivity (Wildman–Crippen MR) is 117 cm³/mol. The fourth-order valence-electron chi connectivity index (χ4n) is 2.77. The number of nitrogens with one attached hydrogen (secondary N) is 2. The number of guanidine groups is 1. The average Bonchev–Trinajstić information content (AvgIpc) is 3.42. The van der Waals surface area contributed by atoms with Crippen molar-refractivity contribution in [2.75, 3.05) is 20.4 Å². The lowest BCUT2D eigenvalue weighted by Crippen LogP contribution is -2.36. The number of halogens is 1. The quantitative estimate of drug-likeness (QED) is 0.349. The van der Waals surface area contributed by atoms with E-state index < -0.39 is 0 Å². The van der Waals surface area contributed by atoms with E-state index in [1.165, 1.54) is 12.8 Å². The minimum Gasteiger partial charge on any atom is -0.477 e. The summed E-state index contributed by atoms with van der Waals surface area (Å²) < 4.78 is 16.5. The van der Waals surface area contributed by atoms with Gasteiger partial charge in [0.1, 0.15) is 0 Å². The topological polar surface area (TPSA) is 77.0 Å². The van der Waals surface area contributed by atoms with Crippen molar-refractivity contribution in [3.63, 3.8) is 0 Å². The van der Waals surface area contributed by atoms with E-state index in [0.29, 0.717) is 24.9 Å². The van der Waals surface area contributed by atoms with Gasteiger partial charge in [0, 0.05) is 32.4 Å². The Hall–Kier alpha value is -2.23. The summed E-state index contributed by atoms with van der Waals surface area (Å²) in [6.07, 6.45) is 4.32. The van der Waals surface area contributed by atoms with Gasteiger partial charge in [0.05, 0.1) is 6.61 Å². The zero-order valence-electron chi connectivity index (χ0n) is 15.8. The molecule has 0 atom stereocenters. The van der Waals surface area contributed by atoms with Crippen molar-refractivity contribution in [3.8, 4) is 17.4 Å². The molecule has 4 rings (SSSR count). The molecule has 0 amide bonds. The van der Waals surface area contributed by atoms with E-state index in [4.69, 9.17) is 14.2 Å². The molecular formula is C20H25IN4O3. The van der Waals surface area contributed by atoms with Crippen LogP contribution in [-0.4, -0.2) is 31.4 Å². The molecule has 1 saturated carbocycles. The van der Waals surface area contributed by atoms with Gasteiger partial charge in [-0.05, 0) is 48.1 Å². The number of fused-ring (bicyclic) bond motifs is 1. The molecule has 0 bridgehead atoms. The molecule has 1 aliphatic heterocycles. The summed E-state index contributed by atoms with van der Waals surface area (Å²) >= 11 is 0. The average molecular weight is 496 g/mol. The lowest BCUT2D eigenvalue weighted by Gasteiger charge is -2.13. The maximum atomic E-state index is 5.74. The summed E-state index contributed by atoms with van der Waals surface area (Å²) in [6, 6.07) is 9.87. The van der Waals surface area contributed by atoms with Gasteiger partial charge < -0.3 is 24.8 Å². The van der Waals surface area contributed by atoms with Crippen molar-refractivity contribution in [3.05, 3.63) is 47.7 Å². The van der Waals surface area contributed by atoms with Crippen LogP contribution >= 0.6 is 24.0 Å². The number of benzene rings is 1. The van der Waals surface area contributed by atoms with Gasteiger partial charge in [-0.1, -0.05) is 6.07 Å². The first-order valence-corrected chi connectivity index (χ1v) is 9.21. The van der Waals surface area contributed by atoms with Crippen molar-refractivity contribution >= 4 is 29.9 Å². The first-order chi connectivity index (χ1) is 13.3.